The molecule has 1 atom stereocenters. The lowest BCUT2D eigenvalue weighted by Crippen LogP contribution is -2.38. The highest BCUT2D eigenvalue weighted by Crippen LogP contribution is 2.34. The lowest BCUT2D eigenvalue weighted by atomic mass is 9.95. The molecule has 0 amide bonds. The van der Waals surface area contributed by atoms with Crippen LogP contribution in [-0.4, -0.2) is 39.3 Å². The Balaban J connectivity index is 1.60. The van der Waals surface area contributed by atoms with E-state index in [-0.39, 0.29) is 5.92 Å². The Morgan fingerprint density at radius 3 is 2.74 bits per heavy atom. The third-order valence-electron chi connectivity index (χ3n) is 6.64. The molecule has 0 saturated carbocycles. The number of nitriles is 1. The number of carbonyl (C=O) groups is 1. The van der Waals surface area contributed by atoms with E-state index < -0.39 is 5.97 Å². The van der Waals surface area contributed by atoms with Gasteiger partial charge in [-0.15, -0.1) is 10.2 Å². The summed E-state index contributed by atoms with van der Waals surface area (Å²) in [6.45, 7) is 8.72. The van der Waals surface area contributed by atoms with Gasteiger partial charge in [-0.1, -0.05) is 62.4 Å². The number of rotatable bonds is 8. The lowest BCUT2D eigenvalue weighted by molar-refractivity contribution is -0.143. The van der Waals surface area contributed by atoms with Crippen LogP contribution in [0.1, 0.15) is 55.9 Å². The zero-order valence-electron chi connectivity index (χ0n) is 20.6. The zero-order chi connectivity index (χ0) is 24.9. The van der Waals surface area contributed by atoms with Crippen molar-refractivity contribution in [2.24, 2.45) is 11.8 Å². The summed E-state index contributed by atoms with van der Waals surface area (Å²) in [6, 6.07) is 14.6. The highest BCUT2D eigenvalue weighted by Gasteiger charge is 2.26. The van der Waals surface area contributed by atoms with Gasteiger partial charge < -0.3 is 5.11 Å². The van der Waals surface area contributed by atoms with Gasteiger partial charge in [-0.3, -0.25) is 9.69 Å². The van der Waals surface area contributed by atoms with Crippen molar-refractivity contribution in [2.45, 2.75) is 53.0 Å². The molecule has 182 valence electrons. The normalized spacial score (nSPS) is 16.4. The first-order valence-corrected chi connectivity index (χ1v) is 13.1. The summed E-state index contributed by atoms with van der Waals surface area (Å²) in [5, 5.41) is 29.7. The van der Waals surface area contributed by atoms with Gasteiger partial charge in [0.15, 0.2) is 0 Å². The number of piperidine rings is 1. The molecule has 1 saturated heterocycles. The number of aliphatic carboxylic acids is 1. The van der Waals surface area contributed by atoms with E-state index >= 15 is 0 Å². The molecule has 2 heterocycles. The quantitative estimate of drug-likeness (QED) is 0.431. The molecule has 7 heteroatoms. The standard InChI is InChI=1S/C28H32N4O2S/c1-4-24-21(16-32-12-6-8-22(17-32)28(33)34)7-5-9-25(24)27-31-30-26(35-27)20-11-10-19(13-18(2)3)23(14-20)15-29/h5,7,9-11,14,18,22H,4,6,8,12-13,16-17H2,1-3H3,(H,33,34). The Morgan fingerprint density at radius 1 is 1.23 bits per heavy atom. The largest absolute Gasteiger partial charge is 0.481 e. The average molecular weight is 489 g/mol. The molecule has 1 aliphatic heterocycles. The maximum Gasteiger partial charge on any atom is 0.307 e. The number of benzene rings is 2. The number of nitrogens with zero attached hydrogens (tertiary/aromatic N) is 4. The SMILES string of the molecule is CCc1c(CN2CCCC(C(=O)O)C2)cccc1-c1nnc(-c2ccc(CC(C)C)c(C#N)c2)s1. The summed E-state index contributed by atoms with van der Waals surface area (Å²) in [6.07, 6.45) is 3.41. The van der Waals surface area contributed by atoms with E-state index in [1.165, 1.54) is 11.1 Å². The molecule has 3 aromatic rings. The number of carboxylic acids is 1. The molecule has 1 aliphatic rings. The molecule has 1 unspecified atom stereocenters. The van der Waals surface area contributed by atoms with Crippen LogP contribution in [0.2, 0.25) is 0 Å². The van der Waals surface area contributed by atoms with E-state index in [2.05, 4.69) is 60.1 Å². The molecule has 1 fully saturated rings. The zero-order valence-corrected chi connectivity index (χ0v) is 21.4. The van der Waals surface area contributed by atoms with Gasteiger partial charge in [0.1, 0.15) is 10.0 Å². The fraction of sp³-hybridized carbons (Fsp3) is 0.429. The van der Waals surface area contributed by atoms with Crippen LogP contribution in [0, 0.1) is 23.2 Å². The molecule has 0 spiro atoms. The van der Waals surface area contributed by atoms with Crippen LogP contribution in [0.3, 0.4) is 0 Å². The molecule has 1 aromatic heterocycles. The third kappa shape index (κ3) is 5.77. The third-order valence-corrected chi connectivity index (χ3v) is 7.64. The summed E-state index contributed by atoms with van der Waals surface area (Å²) < 4.78 is 0. The first-order chi connectivity index (χ1) is 16.9. The van der Waals surface area contributed by atoms with Crippen molar-refractivity contribution in [3.05, 3.63) is 58.7 Å². The Kier molecular flexibility index (Phi) is 7.94. The van der Waals surface area contributed by atoms with Crippen molar-refractivity contribution >= 4 is 17.3 Å². The Labute approximate surface area is 211 Å². The smallest absolute Gasteiger partial charge is 0.307 e. The number of aromatic nitrogens is 2. The van der Waals surface area contributed by atoms with Gasteiger partial charge in [-0.2, -0.15) is 5.26 Å². The van der Waals surface area contributed by atoms with Gasteiger partial charge in [0.25, 0.3) is 0 Å². The molecule has 35 heavy (non-hydrogen) atoms. The van der Waals surface area contributed by atoms with Crippen LogP contribution >= 0.6 is 11.3 Å². The van der Waals surface area contributed by atoms with Gasteiger partial charge in [-0.05, 0) is 60.9 Å². The molecule has 0 bridgehead atoms. The van der Waals surface area contributed by atoms with E-state index in [0.29, 0.717) is 18.0 Å². The number of likely N-dealkylation sites (tertiary alicyclic amines) is 1. The molecule has 0 radical (unpaired) electrons. The van der Waals surface area contributed by atoms with E-state index in [9.17, 15) is 15.2 Å². The molecule has 4 rings (SSSR count). The van der Waals surface area contributed by atoms with Crippen LogP contribution in [0.4, 0.5) is 0 Å². The van der Waals surface area contributed by atoms with Crippen molar-refractivity contribution in [1.29, 1.82) is 5.26 Å². The summed E-state index contributed by atoms with van der Waals surface area (Å²) in [5.41, 5.74) is 6.22. The van der Waals surface area contributed by atoms with Gasteiger partial charge in [0, 0.05) is 24.2 Å². The highest BCUT2D eigenvalue weighted by molar-refractivity contribution is 7.17. The first-order valence-electron chi connectivity index (χ1n) is 12.3. The predicted molar refractivity (Wildman–Crippen MR) is 139 cm³/mol. The average Bonchev–Trinajstić information content (AvgIpc) is 3.34. The molecular formula is C28H32N4O2S. The molecule has 6 nitrogen and oxygen atoms in total. The minimum atomic E-state index is -0.697. The van der Waals surface area contributed by atoms with Crippen molar-refractivity contribution in [1.82, 2.24) is 15.1 Å². The van der Waals surface area contributed by atoms with Gasteiger partial charge in [-0.25, -0.2) is 0 Å². The Morgan fingerprint density at radius 2 is 2.03 bits per heavy atom. The molecule has 2 aromatic carbocycles. The first kappa shape index (κ1) is 25.0. The minimum Gasteiger partial charge on any atom is -0.481 e. The van der Waals surface area contributed by atoms with Crippen molar-refractivity contribution in [3.8, 4) is 27.2 Å². The topological polar surface area (TPSA) is 90.1 Å². The second-order valence-electron chi connectivity index (χ2n) is 9.70. The molecular weight excluding hydrogens is 456 g/mol. The summed E-state index contributed by atoms with van der Waals surface area (Å²) >= 11 is 1.54. The van der Waals surface area contributed by atoms with E-state index in [1.807, 2.05) is 18.2 Å². The van der Waals surface area contributed by atoms with Gasteiger partial charge in [0.2, 0.25) is 0 Å². The van der Waals surface area contributed by atoms with E-state index in [0.717, 1.165) is 65.5 Å². The van der Waals surface area contributed by atoms with Crippen LogP contribution in [0.15, 0.2) is 36.4 Å². The summed E-state index contributed by atoms with van der Waals surface area (Å²) in [7, 11) is 0. The Bertz CT molecular complexity index is 1240. The van der Waals surface area contributed by atoms with E-state index in [4.69, 9.17) is 0 Å². The second kappa shape index (κ2) is 11.1. The number of hydrogen-bond acceptors (Lipinski definition) is 6. The predicted octanol–water partition coefficient (Wildman–Crippen LogP) is 5.80. The lowest BCUT2D eigenvalue weighted by Gasteiger charge is -2.31. The van der Waals surface area contributed by atoms with Gasteiger partial charge in [0.05, 0.1) is 17.6 Å². The fourth-order valence-corrected chi connectivity index (χ4v) is 5.81. The summed E-state index contributed by atoms with van der Waals surface area (Å²) in [5.74, 6) is -0.494. The number of carboxylic acid groups (broad SMARTS) is 1. The number of hydrogen-bond donors (Lipinski definition) is 1. The van der Waals surface area contributed by atoms with Crippen LogP contribution < -0.4 is 0 Å². The maximum atomic E-state index is 11.5. The Hall–Kier alpha value is -3.08. The monoisotopic (exact) mass is 488 g/mol. The molecule has 1 N–H and O–H groups in total. The highest BCUT2D eigenvalue weighted by atomic mass is 32.1. The van der Waals surface area contributed by atoms with Gasteiger partial charge >= 0.3 is 5.97 Å². The van der Waals surface area contributed by atoms with Crippen LogP contribution in [0.25, 0.3) is 21.1 Å². The second-order valence-corrected chi connectivity index (χ2v) is 10.7. The van der Waals surface area contributed by atoms with Crippen LogP contribution in [0.5, 0.6) is 0 Å². The van der Waals surface area contributed by atoms with Crippen molar-refractivity contribution in [2.75, 3.05) is 13.1 Å². The van der Waals surface area contributed by atoms with Crippen LogP contribution in [-0.2, 0) is 24.2 Å². The maximum absolute atomic E-state index is 11.5. The molecule has 0 aliphatic carbocycles. The summed E-state index contributed by atoms with van der Waals surface area (Å²) in [4.78, 5) is 13.7. The van der Waals surface area contributed by atoms with Crippen molar-refractivity contribution < 1.29 is 9.90 Å². The van der Waals surface area contributed by atoms with Crippen molar-refractivity contribution in [3.63, 3.8) is 0 Å². The van der Waals surface area contributed by atoms with E-state index in [1.54, 1.807) is 11.3 Å². The fourth-order valence-electron chi connectivity index (χ4n) is 4.92. The minimum absolute atomic E-state index is 0.284.